The molecule has 1 aromatic carbocycles. The maximum absolute atomic E-state index is 11.7. The van der Waals surface area contributed by atoms with Gasteiger partial charge in [-0.15, -0.1) is 0 Å². The molecule has 2 amide bonds. The Morgan fingerprint density at radius 1 is 1.33 bits per heavy atom. The van der Waals surface area contributed by atoms with Crippen molar-refractivity contribution in [2.75, 3.05) is 26.2 Å². The van der Waals surface area contributed by atoms with Gasteiger partial charge in [-0.05, 0) is 25.0 Å². The van der Waals surface area contributed by atoms with Gasteiger partial charge < -0.3 is 15.0 Å². The molecule has 0 saturated carbocycles. The monoisotopic (exact) mass is 268 g/mol. The average Bonchev–Trinajstić information content (AvgIpc) is 2.90. The Labute approximate surface area is 112 Å². The van der Waals surface area contributed by atoms with E-state index in [2.05, 4.69) is 5.32 Å². The third-order valence-corrected chi connectivity index (χ3v) is 3.18. The molecule has 0 bridgehead atoms. The van der Waals surface area contributed by atoms with Crippen LogP contribution in [-0.2, 0) is 0 Å². The first kappa shape index (κ1) is 13.0. The third-order valence-electron chi connectivity index (χ3n) is 2.87. The van der Waals surface area contributed by atoms with Crippen LogP contribution in [0, 0.1) is 0 Å². The first-order valence-electron chi connectivity index (χ1n) is 6.17. The highest BCUT2D eigenvalue weighted by molar-refractivity contribution is 6.32. The zero-order chi connectivity index (χ0) is 12.8. The number of nitrogens with one attached hydrogen (secondary N) is 1. The SMILES string of the molecule is O=C(NCCOc1ccccc1Cl)N1CCCC1. The quantitative estimate of drug-likeness (QED) is 0.853. The van der Waals surface area contributed by atoms with Crippen LogP contribution in [0.4, 0.5) is 4.79 Å². The Bertz CT molecular complexity index is 406. The molecule has 1 saturated heterocycles. The summed E-state index contributed by atoms with van der Waals surface area (Å²) < 4.78 is 5.48. The van der Waals surface area contributed by atoms with Gasteiger partial charge >= 0.3 is 6.03 Å². The van der Waals surface area contributed by atoms with Crippen LogP contribution in [0.1, 0.15) is 12.8 Å². The number of para-hydroxylation sites is 1. The van der Waals surface area contributed by atoms with E-state index in [1.54, 1.807) is 6.07 Å². The summed E-state index contributed by atoms with van der Waals surface area (Å²) in [5.41, 5.74) is 0. The highest BCUT2D eigenvalue weighted by Crippen LogP contribution is 2.22. The van der Waals surface area contributed by atoms with Crippen molar-refractivity contribution < 1.29 is 9.53 Å². The number of hydrogen-bond donors (Lipinski definition) is 1. The molecular formula is C13H17ClN2O2. The van der Waals surface area contributed by atoms with Crippen LogP contribution in [0.15, 0.2) is 24.3 Å². The fraction of sp³-hybridized carbons (Fsp3) is 0.462. The molecule has 0 spiro atoms. The van der Waals surface area contributed by atoms with E-state index in [0.29, 0.717) is 23.9 Å². The van der Waals surface area contributed by atoms with Gasteiger partial charge in [-0.1, -0.05) is 23.7 Å². The van der Waals surface area contributed by atoms with Gasteiger partial charge in [-0.2, -0.15) is 0 Å². The predicted octanol–water partition coefficient (Wildman–Crippen LogP) is 2.52. The maximum atomic E-state index is 11.7. The number of halogens is 1. The lowest BCUT2D eigenvalue weighted by atomic mass is 10.3. The van der Waals surface area contributed by atoms with Crippen LogP contribution in [0.2, 0.25) is 5.02 Å². The molecular weight excluding hydrogens is 252 g/mol. The molecule has 1 fully saturated rings. The molecule has 2 rings (SSSR count). The van der Waals surface area contributed by atoms with Crippen LogP contribution < -0.4 is 10.1 Å². The fourth-order valence-corrected chi connectivity index (χ4v) is 2.10. The minimum Gasteiger partial charge on any atom is -0.490 e. The van der Waals surface area contributed by atoms with E-state index in [-0.39, 0.29) is 6.03 Å². The fourth-order valence-electron chi connectivity index (χ4n) is 1.91. The lowest BCUT2D eigenvalue weighted by Crippen LogP contribution is -2.39. The number of likely N-dealkylation sites (tertiary alicyclic amines) is 1. The van der Waals surface area contributed by atoms with Crippen LogP contribution >= 0.6 is 11.6 Å². The zero-order valence-electron chi connectivity index (χ0n) is 10.2. The van der Waals surface area contributed by atoms with Crippen LogP contribution in [0.5, 0.6) is 5.75 Å². The molecule has 0 unspecified atom stereocenters. The third kappa shape index (κ3) is 3.53. The highest BCUT2D eigenvalue weighted by atomic mass is 35.5. The second-order valence-corrected chi connectivity index (χ2v) is 4.61. The van der Waals surface area contributed by atoms with Gasteiger partial charge in [-0.3, -0.25) is 0 Å². The topological polar surface area (TPSA) is 41.6 Å². The highest BCUT2D eigenvalue weighted by Gasteiger charge is 2.16. The van der Waals surface area contributed by atoms with Crippen molar-refractivity contribution in [2.45, 2.75) is 12.8 Å². The first-order valence-corrected chi connectivity index (χ1v) is 6.55. The number of nitrogens with zero attached hydrogens (tertiary/aromatic N) is 1. The number of urea groups is 1. The summed E-state index contributed by atoms with van der Waals surface area (Å²) in [7, 11) is 0. The Kier molecular flexibility index (Phi) is 4.70. The van der Waals surface area contributed by atoms with Crippen LogP contribution in [0.3, 0.4) is 0 Å². The standard InChI is InChI=1S/C13H17ClN2O2/c14-11-5-1-2-6-12(11)18-10-7-15-13(17)16-8-3-4-9-16/h1-2,5-6H,3-4,7-10H2,(H,15,17). The summed E-state index contributed by atoms with van der Waals surface area (Å²) in [6, 6.07) is 7.30. The Morgan fingerprint density at radius 3 is 2.78 bits per heavy atom. The molecule has 5 heteroatoms. The smallest absolute Gasteiger partial charge is 0.317 e. The van der Waals surface area contributed by atoms with Crippen molar-refractivity contribution in [1.82, 2.24) is 10.2 Å². The summed E-state index contributed by atoms with van der Waals surface area (Å²) in [4.78, 5) is 13.5. The Morgan fingerprint density at radius 2 is 2.06 bits per heavy atom. The van der Waals surface area contributed by atoms with Crippen molar-refractivity contribution in [3.05, 3.63) is 29.3 Å². The van der Waals surface area contributed by atoms with Crippen molar-refractivity contribution in [1.29, 1.82) is 0 Å². The van der Waals surface area contributed by atoms with E-state index in [1.165, 1.54) is 0 Å². The second-order valence-electron chi connectivity index (χ2n) is 4.20. The zero-order valence-corrected chi connectivity index (χ0v) is 10.9. The molecule has 1 aromatic rings. The van der Waals surface area contributed by atoms with E-state index >= 15 is 0 Å². The van der Waals surface area contributed by atoms with E-state index in [4.69, 9.17) is 16.3 Å². The van der Waals surface area contributed by atoms with Crippen LogP contribution in [0.25, 0.3) is 0 Å². The van der Waals surface area contributed by atoms with Crippen molar-refractivity contribution >= 4 is 17.6 Å². The molecule has 4 nitrogen and oxygen atoms in total. The summed E-state index contributed by atoms with van der Waals surface area (Å²) in [5, 5.41) is 3.42. The largest absolute Gasteiger partial charge is 0.490 e. The van der Waals surface area contributed by atoms with Gasteiger partial charge in [-0.25, -0.2) is 4.79 Å². The minimum atomic E-state index is -0.00439. The number of rotatable bonds is 4. The van der Waals surface area contributed by atoms with Gasteiger partial charge in [0.15, 0.2) is 0 Å². The van der Waals surface area contributed by atoms with Crippen molar-refractivity contribution in [3.63, 3.8) is 0 Å². The van der Waals surface area contributed by atoms with Gasteiger partial charge in [0.2, 0.25) is 0 Å². The summed E-state index contributed by atoms with van der Waals surface area (Å²) >= 11 is 5.95. The lowest BCUT2D eigenvalue weighted by molar-refractivity contribution is 0.205. The van der Waals surface area contributed by atoms with Crippen LogP contribution in [-0.4, -0.2) is 37.2 Å². The number of carbonyl (C=O) groups is 1. The molecule has 0 radical (unpaired) electrons. The maximum Gasteiger partial charge on any atom is 0.317 e. The summed E-state index contributed by atoms with van der Waals surface area (Å²) in [6.45, 7) is 2.62. The molecule has 1 aliphatic rings. The number of carbonyl (C=O) groups excluding carboxylic acids is 1. The van der Waals surface area contributed by atoms with Crippen molar-refractivity contribution in [3.8, 4) is 5.75 Å². The minimum absolute atomic E-state index is 0.00439. The number of amides is 2. The molecule has 1 heterocycles. The van der Waals surface area contributed by atoms with Gasteiger partial charge in [0.05, 0.1) is 11.6 Å². The molecule has 98 valence electrons. The summed E-state index contributed by atoms with van der Waals surface area (Å²) in [5.74, 6) is 0.648. The van der Waals surface area contributed by atoms with Crippen molar-refractivity contribution in [2.24, 2.45) is 0 Å². The Balaban J connectivity index is 1.67. The first-order chi connectivity index (χ1) is 8.77. The Hall–Kier alpha value is -1.42. The second kappa shape index (κ2) is 6.50. The number of benzene rings is 1. The van der Waals surface area contributed by atoms with Gasteiger partial charge in [0, 0.05) is 13.1 Å². The van der Waals surface area contributed by atoms with Gasteiger partial charge in [0.25, 0.3) is 0 Å². The molecule has 0 aliphatic carbocycles. The predicted molar refractivity (Wildman–Crippen MR) is 71.2 cm³/mol. The van der Waals surface area contributed by atoms with E-state index in [9.17, 15) is 4.79 Å². The van der Waals surface area contributed by atoms with Gasteiger partial charge in [0.1, 0.15) is 12.4 Å². The number of hydrogen-bond acceptors (Lipinski definition) is 2. The molecule has 18 heavy (non-hydrogen) atoms. The normalized spacial score (nSPS) is 14.6. The van der Waals surface area contributed by atoms with E-state index < -0.39 is 0 Å². The van der Waals surface area contributed by atoms with E-state index in [0.717, 1.165) is 25.9 Å². The molecule has 0 aromatic heterocycles. The average molecular weight is 269 g/mol. The lowest BCUT2D eigenvalue weighted by Gasteiger charge is -2.16. The summed E-state index contributed by atoms with van der Waals surface area (Å²) in [6.07, 6.45) is 2.20. The molecule has 0 atom stereocenters. The molecule has 1 aliphatic heterocycles. The molecule has 1 N–H and O–H groups in total. The van der Waals surface area contributed by atoms with E-state index in [1.807, 2.05) is 23.1 Å². The number of ether oxygens (including phenoxy) is 1.